The summed E-state index contributed by atoms with van der Waals surface area (Å²) in [5, 5.41) is 1.57. The second-order valence-electron chi connectivity index (χ2n) is 16.1. The molecule has 0 atom stereocenters. The van der Waals surface area contributed by atoms with Crippen molar-refractivity contribution >= 4 is 43.9 Å². The average Bonchev–Trinajstić information content (AvgIpc) is 3.08. The first-order valence-electron chi connectivity index (χ1n) is 18.3. The van der Waals surface area contributed by atoms with E-state index >= 15 is 0 Å². The molecule has 0 amide bonds. The van der Waals surface area contributed by atoms with Crippen LogP contribution in [0.3, 0.4) is 0 Å². The van der Waals surface area contributed by atoms with Crippen LogP contribution >= 0.6 is 15.9 Å². The monoisotopic (exact) mass is 833 g/mol. The molecule has 0 fully saturated rings. The second kappa shape index (κ2) is 21.4. The Balaban J connectivity index is 0.000000304. The van der Waals surface area contributed by atoms with Gasteiger partial charge in [0.2, 0.25) is 0 Å². The molecule has 0 spiro atoms. The lowest BCUT2D eigenvalue weighted by atomic mass is 10.1. The maximum atomic E-state index is 13.3. The second-order valence-corrected chi connectivity index (χ2v) is 26.6. The van der Waals surface area contributed by atoms with E-state index in [0.29, 0.717) is 24.6 Å². The molecule has 0 aliphatic heterocycles. The van der Waals surface area contributed by atoms with Gasteiger partial charge in [0, 0.05) is 36.5 Å². The largest absolute Gasteiger partial charge is 0.417 e. The molecule has 10 heteroatoms. The Morgan fingerprint density at radius 3 is 1.11 bits per heavy atom. The van der Waals surface area contributed by atoms with Gasteiger partial charge in [-0.25, -0.2) is 17.6 Å². The Morgan fingerprint density at radius 2 is 0.811 bits per heavy atom. The Labute approximate surface area is 327 Å². The van der Waals surface area contributed by atoms with Gasteiger partial charge in [-0.1, -0.05) is 81.7 Å². The number of rotatable bonds is 13. The molecule has 0 radical (unpaired) electrons. The third-order valence-corrected chi connectivity index (χ3v) is 19.5. The molecule has 0 aromatic heterocycles. The minimum absolute atomic E-state index is 0.181. The van der Waals surface area contributed by atoms with Gasteiger partial charge < -0.3 is 13.8 Å². The number of hydrogen-bond acceptors (Lipinski definition) is 3. The minimum Gasteiger partial charge on any atom is -0.417 e. The maximum Gasteiger partial charge on any atom is 0.191 e. The Morgan fingerprint density at radius 1 is 0.509 bits per heavy atom. The van der Waals surface area contributed by atoms with Crippen molar-refractivity contribution in [1.82, 2.24) is 0 Å². The van der Waals surface area contributed by atoms with Gasteiger partial charge >= 0.3 is 0 Å². The molecule has 53 heavy (non-hydrogen) atoms. The van der Waals surface area contributed by atoms with Crippen LogP contribution in [-0.4, -0.2) is 41.7 Å². The molecule has 0 bridgehead atoms. The molecule has 3 nitrogen and oxygen atoms in total. The van der Waals surface area contributed by atoms with E-state index in [2.05, 4.69) is 88.6 Å². The molecular formula is C43H60BrF4NO2Si2. The van der Waals surface area contributed by atoms with E-state index in [4.69, 9.17) is 8.85 Å². The Bertz CT molecular complexity index is 1520. The van der Waals surface area contributed by atoms with Crippen LogP contribution in [-0.2, 0) is 15.3 Å². The molecular weight excluding hydrogens is 775 g/mol. The lowest BCUT2D eigenvalue weighted by molar-refractivity contribution is 0.284. The standard InChI is InChI=1S/C21H29F2NOSi.C13H10F2.C9H21BrOSi/c1-21(2,3)26(4,5)25-16-6-15-24(19-11-7-17(22)8-12-19)20-13-9-18(23)10-14-20;14-12-5-1-10(2-6-12)9-11-3-7-13(15)8-4-11;1-9(2,3)12(4,5)11-8-6-7-10/h7-14H,6,15-16H2,1-5H3;1-8H,9H2;6-8H2,1-5H3. The van der Waals surface area contributed by atoms with E-state index in [0.717, 1.165) is 47.3 Å². The van der Waals surface area contributed by atoms with Gasteiger partial charge in [0.15, 0.2) is 16.6 Å². The summed E-state index contributed by atoms with van der Waals surface area (Å²) >= 11 is 3.40. The number of alkyl halides is 1. The van der Waals surface area contributed by atoms with E-state index in [1.807, 2.05) is 0 Å². The summed E-state index contributed by atoms with van der Waals surface area (Å²) in [6, 6.07) is 25.4. The van der Waals surface area contributed by atoms with E-state index < -0.39 is 16.6 Å². The summed E-state index contributed by atoms with van der Waals surface area (Å²) in [5.41, 5.74) is 3.79. The lowest BCUT2D eigenvalue weighted by Gasteiger charge is -2.36. The van der Waals surface area contributed by atoms with Crippen molar-refractivity contribution in [3.05, 3.63) is 131 Å². The van der Waals surface area contributed by atoms with Gasteiger partial charge in [0.05, 0.1) is 0 Å². The molecule has 4 aromatic carbocycles. The highest BCUT2D eigenvalue weighted by atomic mass is 79.9. The van der Waals surface area contributed by atoms with Crippen LogP contribution in [0.15, 0.2) is 97.1 Å². The number of hydrogen-bond donors (Lipinski definition) is 0. The molecule has 0 unspecified atom stereocenters. The van der Waals surface area contributed by atoms with Crippen molar-refractivity contribution in [2.24, 2.45) is 0 Å². The molecule has 0 aliphatic carbocycles. The van der Waals surface area contributed by atoms with Gasteiger partial charge in [0.25, 0.3) is 0 Å². The van der Waals surface area contributed by atoms with E-state index in [9.17, 15) is 17.6 Å². The van der Waals surface area contributed by atoms with Gasteiger partial charge in [-0.05, 0) is 139 Å². The van der Waals surface area contributed by atoms with Crippen LogP contribution in [0.25, 0.3) is 0 Å². The molecule has 292 valence electrons. The molecule has 0 aliphatic rings. The van der Waals surface area contributed by atoms with Crippen LogP contribution in [0.4, 0.5) is 28.9 Å². The van der Waals surface area contributed by atoms with Gasteiger partial charge in [0.1, 0.15) is 23.3 Å². The zero-order valence-corrected chi connectivity index (χ0v) is 36.9. The number of benzene rings is 4. The summed E-state index contributed by atoms with van der Waals surface area (Å²) in [5.74, 6) is -1.01. The van der Waals surface area contributed by atoms with Gasteiger partial charge in [-0.15, -0.1) is 0 Å². The first kappa shape index (κ1) is 46.4. The highest BCUT2D eigenvalue weighted by molar-refractivity contribution is 9.09. The van der Waals surface area contributed by atoms with Crippen molar-refractivity contribution in [2.75, 3.05) is 30.0 Å². The van der Waals surface area contributed by atoms with Crippen LogP contribution in [0.5, 0.6) is 0 Å². The summed E-state index contributed by atoms with van der Waals surface area (Å²) in [6.07, 6.45) is 2.65. The lowest BCUT2D eigenvalue weighted by Crippen LogP contribution is -2.41. The molecule has 4 aromatic rings. The molecule has 4 rings (SSSR count). The Kier molecular flexibility index (Phi) is 18.7. The van der Waals surface area contributed by atoms with Crippen molar-refractivity contribution in [3.63, 3.8) is 0 Å². The predicted molar refractivity (Wildman–Crippen MR) is 225 cm³/mol. The van der Waals surface area contributed by atoms with Crippen molar-refractivity contribution in [3.8, 4) is 0 Å². The van der Waals surface area contributed by atoms with Crippen LogP contribution in [0.2, 0.25) is 36.3 Å². The van der Waals surface area contributed by atoms with Gasteiger partial charge in [-0.3, -0.25) is 0 Å². The highest BCUT2D eigenvalue weighted by Crippen LogP contribution is 2.37. The zero-order valence-electron chi connectivity index (χ0n) is 33.3. The van der Waals surface area contributed by atoms with E-state index in [1.165, 1.54) is 48.5 Å². The van der Waals surface area contributed by atoms with Crippen molar-refractivity contribution in [2.45, 2.75) is 97.1 Å². The number of nitrogens with zero attached hydrogens (tertiary/aromatic N) is 1. The first-order chi connectivity index (χ1) is 24.6. The number of halogens is 5. The normalized spacial score (nSPS) is 12.0. The van der Waals surface area contributed by atoms with Crippen molar-refractivity contribution < 1.29 is 26.4 Å². The SMILES string of the molecule is CC(C)(C)[Si](C)(C)OCCCBr.CC(C)(C)[Si](C)(C)OCCCN(c1ccc(F)cc1)c1ccc(F)cc1.Fc1ccc(Cc2ccc(F)cc2)cc1. The smallest absolute Gasteiger partial charge is 0.191 e. The highest BCUT2D eigenvalue weighted by Gasteiger charge is 2.37. The molecule has 0 saturated heterocycles. The number of anilines is 2. The first-order valence-corrected chi connectivity index (χ1v) is 25.2. The fraction of sp³-hybridized carbons (Fsp3) is 0.442. The topological polar surface area (TPSA) is 21.7 Å². The molecule has 0 heterocycles. The Hall–Kier alpha value is -2.77. The maximum absolute atomic E-state index is 13.3. The van der Waals surface area contributed by atoms with Crippen molar-refractivity contribution in [1.29, 1.82) is 0 Å². The quantitative estimate of drug-likeness (QED) is 0.0580. The van der Waals surface area contributed by atoms with Crippen LogP contribution in [0.1, 0.15) is 65.5 Å². The average molecular weight is 835 g/mol. The summed E-state index contributed by atoms with van der Waals surface area (Å²) in [7, 11) is -3.23. The van der Waals surface area contributed by atoms with E-state index in [-0.39, 0.29) is 28.3 Å². The van der Waals surface area contributed by atoms with Gasteiger partial charge in [-0.2, -0.15) is 0 Å². The predicted octanol–water partition coefficient (Wildman–Crippen LogP) is 13.9. The third kappa shape index (κ3) is 16.6. The van der Waals surface area contributed by atoms with E-state index in [1.54, 1.807) is 48.5 Å². The zero-order chi connectivity index (χ0) is 39.9. The summed E-state index contributed by atoms with van der Waals surface area (Å²) in [4.78, 5) is 2.06. The molecule has 0 saturated carbocycles. The van der Waals surface area contributed by atoms with Crippen LogP contribution in [0, 0.1) is 23.3 Å². The fourth-order valence-corrected chi connectivity index (χ4v) is 6.86. The third-order valence-electron chi connectivity index (χ3n) is 9.85. The summed E-state index contributed by atoms with van der Waals surface area (Å²) in [6.45, 7) is 24.8. The summed E-state index contributed by atoms with van der Waals surface area (Å²) < 4.78 is 64.0. The minimum atomic E-state index is -1.77. The van der Waals surface area contributed by atoms with Crippen LogP contribution < -0.4 is 4.90 Å². The molecule has 0 N–H and O–H groups in total. The fourth-order valence-electron chi connectivity index (χ4n) is 4.45.